The van der Waals surface area contributed by atoms with E-state index in [0.717, 1.165) is 24.4 Å². The van der Waals surface area contributed by atoms with Crippen LogP contribution in [0.1, 0.15) is 27.4 Å². The van der Waals surface area contributed by atoms with Gasteiger partial charge in [-0.1, -0.05) is 48.0 Å². The first kappa shape index (κ1) is 25.9. The molecule has 0 unspecified atom stereocenters. The summed E-state index contributed by atoms with van der Waals surface area (Å²) in [4.78, 5) is 32.7. The van der Waals surface area contributed by atoms with Gasteiger partial charge in [0, 0.05) is 43.3 Å². The van der Waals surface area contributed by atoms with E-state index < -0.39 is 0 Å². The smallest absolute Gasteiger partial charge is 0.254 e. The molecule has 0 radical (unpaired) electrons. The van der Waals surface area contributed by atoms with E-state index in [4.69, 9.17) is 20.8 Å². The number of morpholine rings is 1. The monoisotopic (exact) mass is 509 g/mol. The number of ether oxygens (including phenoxy) is 1. The van der Waals surface area contributed by atoms with Crippen molar-refractivity contribution in [2.75, 3.05) is 45.9 Å². The summed E-state index contributed by atoms with van der Waals surface area (Å²) < 4.78 is 11.2. The van der Waals surface area contributed by atoms with Crippen LogP contribution >= 0.6 is 11.6 Å². The number of hydrogen-bond donors (Lipinski definition) is 0. The first-order valence-electron chi connectivity index (χ1n) is 12.2. The minimum Gasteiger partial charge on any atom is -0.464 e. The second-order valence-electron chi connectivity index (χ2n) is 8.94. The van der Waals surface area contributed by atoms with Crippen molar-refractivity contribution in [1.29, 1.82) is 0 Å². The number of carbonyl (C=O) groups excluding carboxylic acids is 2. The lowest BCUT2D eigenvalue weighted by Crippen LogP contribution is -2.47. The third-order valence-electron chi connectivity index (χ3n) is 6.19. The zero-order valence-corrected chi connectivity index (χ0v) is 21.3. The Morgan fingerprint density at radius 3 is 2.42 bits per heavy atom. The minimum atomic E-state index is -0.215. The van der Waals surface area contributed by atoms with Crippen LogP contribution in [-0.4, -0.2) is 72.5 Å². The van der Waals surface area contributed by atoms with E-state index in [0.29, 0.717) is 55.7 Å². The number of aryl methyl sites for hydroxylation is 1. The highest BCUT2D eigenvalue weighted by Gasteiger charge is 2.24. The quantitative estimate of drug-likeness (QED) is 0.409. The number of amides is 2. The summed E-state index contributed by atoms with van der Waals surface area (Å²) in [7, 11) is 0. The average Bonchev–Trinajstić information content (AvgIpc) is 3.31. The van der Waals surface area contributed by atoms with Gasteiger partial charge in [0.25, 0.3) is 5.91 Å². The molecule has 1 aliphatic heterocycles. The summed E-state index contributed by atoms with van der Waals surface area (Å²) >= 11 is 6.15. The Kier molecular flexibility index (Phi) is 9.17. The number of nitrogens with zero attached hydrogens (tertiary/aromatic N) is 3. The maximum absolute atomic E-state index is 13.7. The molecule has 0 spiro atoms. The summed E-state index contributed by atoms with van der Waals surface area (Å²) in [6, 6.07) is 20.4. The van der Waals surface area contributed by atoms with Gasteiger partial charge in [-0.25, -0.2) is 0 Å². The molecule has 190 valence electrons. The van der Waals surface area contributed by atoms with E-state index in [9.17, 15) is 9.59 Å². The molecule has 0 saturated carbocycles. The van der Waals surface area contributed by atoms with E-state index in [-0.39, 0.29) is 18.4 Å². The van der Waals surface area contributed by atoms with E-state index in [1.54, 1.807) is 34.1 Å². The number of hydrogen-bond acceptors (Lipinski definition) is 5. The zero-order valence-electron chi connectivity index (χ0n) is 20.6. The van der Waals surface area contributed by atoms with Crippen molar-refractivity contribution < 1.29 is 18.7 Å². The average molecular weight is 510 g/mol. The largest absolute Gasteiger partial charge is 0.464 e. The van der Waals surface area contributed by atoms with Crippen LogP contribution < -0.4 is 0 Å². The summed E-state index contributed by atoms with van der Waals surface area (Å²) in [5.41, 5.74) is 1.48. The molecule has 2 heterocycles. The van der Waals surface area contributed by atoms with Crippen LogP contribution in [-0.2, 0) is 22.6 Å². The lowest BCUT2D eigenvalue weighted by Gasteiger charge is -2.31. The van der Waals surface area contributed by atoms with Gasteiger partial charge in [-0.15, -0.1) is 0 Å². The highest BCUT2D eigenvalue weighted by molar-refractivity contribution is 6.31. The van der Waals surface area contributed by atoms with Gasteiger partial charge in [0.2, 0.25) is 5.91 Å². The second kappa shape index (κ2) is 12.7. The molecular formula is C28H32ClN3O4. The van der Waals surface area contributed by atoms with E-state index in [1.807, 2.05) is 49.4 Å². The topological polar surface area (TPSA) is 66.2 Å². The van der Waals surface area contributed by atoms with Crippen LogP contribution in [0.2, 0.25) is 5.02 Å². The molecule has 1 aliphatic rings. The van der Waals surface area contributed by atoms with Gasteiger partial charge < -0.3 is 19.0 Å². The molecule has 0 bridgehead atoms. The molecule has 0 aliphatic carbocycles. The van der Waals surface area contributed by atoms with Gasteiger partial charge in [0.1, 0.15) is 18.1 Å². The van der Waals surface area contributed by atoms with E-state index in [1.165, 1.54) is 0 Å². The van der Waals surface area contributed by atoms with Crippen molar-refractivity contribution in [2.24, 2.45) is 0 Å². The van der Waals surface area contributed by atoms with Crippen molar-refractivity contribution >= 4 is 23.4 Å². The lowest BCUT2D eigenvalue weighted by molar-refractivity contribution is -0.133. The Hall–Kier alpha value is -3.13. The molecule has 2 amide bonds. The molecule has 3 aromatic rings. The van der Waals surface area contributed by atoms with E-state index in [2.05, 4.69) is 4.90 Å². The fourth-order valence-electron chi connectivity index (χ4n) is 4.20. The Morgan fingerprint density at radius 1 is 0.944 bits per heavy atom. The molecule has 1 aromatic heterocycles. The van der Waals surface area contributed by atoms with Crippen molar-refractivity contribution in [3.8, 4) is 0 Å². The number of rotatable bonds is 10. The Balaban J connectivity index is 1.52. The predicted octanol–water partition coefficient (Wildman–Crippen LogP) is 4.24. The Morgan fingerprint density at radius 2 is 1.72 bits per heavy atom. The highest BCUT2D eigenvalue weighted by atomic mass is 35.5. The van der Waals surface area contributed by atoms with Gasteiger partial charge in [0.15, 0.2) is 0 Å². The van der Waals surface area contributed by atoms with E-state index >= 15 is 0 Å². The van der Waals surface area contributed by atoms with Crippen LogP contribution in [0.25, 0.3) is 0 Å². The Labute approximate surface area is 217 Å². The second-order valence-corrected chi connectivity index (χ2v) is 9.38. The van der Waals surface area contributed by atoms with Crippen LogP contribution in [0.3, 0.4) is 0 Å². The van der Waals surface area contributed by atoms with Gasteiger partial charge in [-0.05, 0) is 42.8 Å². The van der Waals surface area contributed by atoms with Gasteiger partial charge >= 0.3 is 0 Å². The number of benzene rings is 2. The standard InChI is InChI=1S/C28H32ClN3O4/c1-22-10-11-26(36-22)20-32(19-23-6-3-2-4-7-23)27(33)21-31(13-12-30-14-16-35-17-15-30)28(34)24-8-5-9-25(29)18-24/h2-11,18H,12-17,19-21H2,1H3. The number of carbonyl (C=O) groups is 2. The number of furan rings is 1. The predicted molar refractivity (Wildman–Crippen MR) is 139 cm³/mol. The molecule has 1 fully saturated rings. The van der Waals surface area contributed by atoms with Crippen LogP contribution in [0, 0.1) is 6.92 Å². The molecule has 7 nitrogen and oxygen atoms in total. The fraction of sp³-hybridized carbons (Fsp3) is 0.357. The first-order chi connectivity index (χ1) is 17.5. The maximum atomic E-state index is 13.7. The maximum Gasteiger partial charge on any atom is 0.254 e. The third-order valence-corrected chi connectivity index (χ3v) is 6.42. The highest BCUT2D eigenvalue weighted by Crippen LogP contribution is 2.16. The lowest BCUT2D eigenvalue weighted by atomic mass is 10.2. The van der Waals surface area contributed by atoms with Crippen LogP contribution in [0.5, 0.6) is 0 Å². The molecular weight excluding hydrogens is 478 g/mol. The molecule has 1 saturated heterocycles. The molecule has 8 heteroatoms. The molecule has 4 rings (SSSR count). The molecule has 36 heavy (non-hydrogen) atoms. The summed E-state index contributed by atoms with van der Waals surface area (Å²) in [5.74, 6) is 1.14. The summed E-state index contributed by atoms with van der Waals surface area (Å²) in [6.07, 6.45) is 0. The number of halogens is 1. The molecule has 0 N–H and O–H groups in total. The summed E-state index contributed by atoms with van der Waals surface area (Å²) in [6.45, 7) is 6.65. The zero-order chi connectivity index (χ0) is 25.3. The fourth-order valence-corrected chi connectivity index (χ4v) is 4.39. The molecule has 2 aromatic carbocycles. The van der Waals surface area contributed by atoms with Gasteiger partial charge in [0.05, 0.1) is 19.8 Å². The SMILES string of the molecule is Cc1ccc(CN(Cc2ccccc2)C(=O)CN(CCN2CCOCC2)C(=O)c2cccc(Cl)c2)o1. The van der Waals surface area contributed by atoms with Crippen LogP contribution in [0.4, 0.5) is 0 Å². The van der Waals surface area contributed by atoms with Gasteiger partial charge in [-0.3, -0.25) is 14.5 Å². The van der Waals surface area contributed by atoms with Crippen molar-refractivity contribution in [3.63, 3.8) is 0 Å². The van der Waals surface area contributed by atoms with Gasteiger partial charge in [-0.2, -0.15) is 0 Å². The normalized spacial score (nSPS) is 13.9. The third kappa shape index (κ3) is 7.43. The molecule has 0 atom stereocenters. The van der Waals surface area contributed by atoms with Crippen molar-refractivity contribution in [1.82, 2.24) is 14.7 Å². The van der Waals surface area contributed by atoms with Crippen molar-refractivity contribution in [2.45, 2.75) is 20.0 Å². The van der Waals surface area contributed by atoms with Crippen molar-refractivity contribution in [3.05, 3.63) is 94.4 Å². The minimum absolute atomic E-state index is 0.0395. The first-order valence-corrected chi connectivity index (χ1v) is 12.6. The Bertz CT molecular complexity index is 1140. The summed E-state index contributed by atoms with van der Waals surface area (Å²) in [5, 5.41) is 0.485. The van der Waals surface area contributed by atoms with Crippen LogP contribution in [0.15, 0.2) is 71.1 Å².